The van der Waals surface area contributed by atoms with E-state index in [9.17, 15) is 13.2 Å². The van der Waals surface area contributed by atoms with Crippen molar-refractivity contribution in [2.75, 3.05) is 29.0 Å². The van der Waals surface area contributed by atoms with E-state index in [4.69, 9.17) is 16.3 Å². The normalized spacial score (nSPS) is 11.1. The van der Waals surface area contributed by atoms with Crippen molar-refractivity contribution < 1.29 is 17.9 Å². The van der Waals surface area contributed by atoms with E-state index in [1.54, 1.807) is 48.5 Å². The van der Waals surface area contributed by atoms with E-state index < -0.39 is 10.0 Å². The molecule has 2 aromatic carbocycles. The molecule has 27 heavy (non-hydrogen) atoms. The second kappa shape index (κ2) is 9.62. The highest BCUT2D eigenvalue weighted by atomic mass is 35.5. The van der Waals surface area contributed by atoms with Gasteiger partial charge in [0.1, 0.15) is 5.75 Å². The highest BCUT2D eigenvalue weighted by Crippen LogP contribution is 2.30. The standard InChI is InChI=1S/C19H23ClN2O4S/c1-3-26-18-12-7-6-11-17(18)22(27(2,24)25)14-8-13-19(23)21-16-10-5-4-9-15(16)20/h4-7,9-12H,3,8,13-14H2,1-2H3,(H,21,23). The van der Waals surface area contributed by atoms with Crippen LogP contribution in [0, 0.1) is 0 Å². The molecule has 2 rings (SSSR count). The van der Waals surface area contributed by atoms with Crippen LogP contribution in [-0.2, 0) is 14.8 Å². The fraction of sp³-hybridized carbons (Fsp3) is 0.316. The zero-order valence-electron chi connectivity index (χ0n) is 15.3. The minimum Gasteiger partial charge on any atom is -0.492 e. The van der Waals surface area contributed by atoms with Crippen molar-refractivity contribution in [3.63, 3.8) is 0 Å². The zero-order valence-corrected chi connectivity index (χ0v) is 16.9. The van der Waals surface area contributed by atoms with E-state index in [-0.39, 0.29) is 18.9 Å². The lowest BCUT2D eigenvalue weighted by atomic mass is 10.2. The topological polar surface area (TPSA) is 75.7 Å². The lowest BCUT2D eigenvalue weighted by Crippen LogP contribution is -2.31. The number of hydrogen-bond donors (Lipinski definition) is 1. The van der Waals surface area contributed by atoms with E-state index in [1.165, 1.54) is 4.31 Å². The van der Waals surface area contributed by atoms with Gasteiger partial charge >= 0.3 is 0 Å². The maximum atomic E-state index is 12.3. The van der Waals surface area contributed by atoms with Gasteiger partial charge in [0, 0.05) is 13.0 Å². The lowest BCUT2D eigenvalue weighted by molar-refractivity contribution is -0.116. The molecule has 0 atom stereocenters. The molecule has 146 valence electrons. The number of nitrogens with zero attached hydrogens (tertiary/aromatic N) is 1. The molecule has 0 aromatic heterocycles. The van der Waals surface area contributed by atoms with Crippen molar-refractivity contribution in [3.8, 4) is 5.75 Å². The SMILES string of the molecule is CCOc1ccccc1N(CCCC(=O)Nc1ccccc1Cl)S(C)(=O)=O. The predicted octanol–water partition coefficient (Wildman–Crippen LogP) is 3.92. The van der Waals surface area contributed by atoms with Crippen LogP contribution in [0.5, 0.6) is 5.75 Å². The number of carbonyl (C=O) groups is 1. The van der Waals surface area contributed by atoms with Crippen LogP contribution in [0.25, 0.3) is 0 Å². The van der Waals surface area contributed by atoms with Crippen LogP contribution >= 0.6 is 11.6 Å². The van der Waals surface area contributed by atoms with Crippen molar-refractivity contribution in [2.45, 2.75) is 19.8 Å². The van der Waals surface area contributed by atoms with E-state index in [2.05, 4.69) is 5.32 Å². The third-order valence-corrected chi connectivity index (χ3v) is 5.26. The molecule has 0 heterocycles. The Morgan fingerprint density at radius 2 is 1.81 bits per heavy atom. The van der Waals surface area contributed by atoms with Gasteiger partial charge < -0.3 is 10.1 Å². The highest BCUT2D eigenvalue weighted by Gasteiger charge is 2.21. The molecule has 0 fully saturated rings. The largest absolute Gasteiger partial charge is 0.492 e. The monoisotopic (exact) mass is 410 g/mol. The van der Waals surface area contributed by atoms with Gasteiger partial charge in [-0.25, -0.2) is 8.42 Å². The summed E-state index contributed by atoms with van der Waals surface area (Å²) in [6, 6.07) is 13.9. The molecule has 0 bridgehead atoms. The van der Waals surface area contributed by atoms with Gasteiger partial charge in [0.05, 0.1) is 29.3 Å². The van der Waals surface area contributed by atoms with Crippen LogP contribution < -0.4 is 14.4 Å². The summed E-state index contributed by atoms with van der Waals surface area (Å²) in [5, 5.41) is 3.18. The number of anilines is 2. The van der Waals surface area contributed by atoms with Crippen molar-refractivity contribution in [2.24, 2.45) is 0 Å². The first-order chi connectivity index (χ1) is 12.8. The molecular formula is C19H23ClN2O4S. The van der Waals surface area contributed by atoms with E-state index in [0.717, 1.165) is 6.26 Å². The second-order valence-corrected chi connectivity index (χ2v) is 8.18. The number of halogens is 1. The number of hydrogen-bond acceptors (Lipinski definition) is 4. The number of carbonyl (C=O) groups excluding carboxylic acids is 1. The smallest absolute Gasteiger partial charge is 0.232 e. The predicted molar refractivity (Wildman–Crippen MR) is 109 cm³/mol. The Labute approximate surface area is 165 Å². The summed E-state index contributed by atoms with van der Waals surface area (Å²) in [6.45, 7) is 2.42. The Hall–Kier alpha value is -2.25. The Kier molecular flexibility index (Phi) is 7.50. The average molecular weight is 411 g/mol. The summed E-state index contributed by atoms with van der Waals surface area (Å²) in [7, 11) is -3.52. The van der Waals surface area contributed by atoms with Crippen LogP contribution in [0.15, 0.2) is 48.5 Å². The second-order valence-electron chi connectivity index (χ2n) is 5.87. The molecule has 1 N–H and O–H groups in total. The summed E-state index contributed by atoms with van der Waals surface area (Å²) in [6.07, 6.45) is 1.65. The summed E-state index contributed by atoms with van der Waals surface area (Å²) in [4.78, 5) is 12.1. The van der Waals surface area contributed by atoms with Gasteiger partial charge in [-0.2, -0.15) is 0 Å². The molecule has 8 heteroatoms. The van der Waals surface area contributed by atoms with Crippen molar-refractivity contribution in [1.82, 2.24) is 0 Å². The van der Waals surface area contributed by atoms with E-state index >= 15 is 0 Å². The van der Waals surface area contributed by atoms with Crippen LogP contribution in [0.1, 0.15) is 19.8 Å². The third-order valence-electron chi connectivity index (χ3n) is 3.75. The molecule has 0 saturated heterocycles. The molecule has 0 saturated carbocycles. The number of sulfonamides is 1. The van der Waals surface area contributed by atoms with Crippen molar-refractivity contribution in [1.29, 1.82) is 0 Å². The van der Waals surface area contributed by atoms with Crippen LogP contribution in [0.4, 0.5) is 11.4 Å². The van der Waals surface area contributed by atoms with Gasteiger partial charge in [0.15, 0.2) is 0 Å². The van der Waals surface area contributed by atoms with Gasteiger partial charge in [0.2, 0.25) is 15.9 Å². The minimum absolute atomic E-state index is 0.161. The molecule has 0 unspecified atom stereocenters. The molecule has 0 spiro atoms. The molecule has 0 aliphatic carbocycles. The fourth-order valence-corrected chi connectivity index (χ4v) is 3.72. The molecule has 0 radical (unpaired) electrons. The number of benzene rings is 2. The third kappa shape index (κ3) is 6.15. The van der Waals surface area contributed by atoms with Crippen LogP contribution in [-0.4, -0.2) is 33.7 Å². The zero-order chi connectivity index (χ0) is 19.9. The van der Waals surface area contributed by atoms with Crippen molar-refractivity contribution >= 4 is 38.9 Å². The highest BCUT2D eigenvalue weighted by molar-refractivity contribution is 7.92. The quantitative estimate of drug-likeness (QED) is 0.679. The Morgan fingerprint density at radius 1 is 1.15 bits per heavy atom. The number of nitrogens with one attached hydrogen (secondary N) is 1. The Balaban J connectivity index is 2.04. The van der Waals surface area contributed by atoms with Gasteiger partial charge in [-0.15, -0.1) is 0 Å². The maximum Gasteiger partial charge on any atom is 0.232 e. The van der Waals surface area contributed by atoms with E-state index in [1.807, 2.05) is 6.92 Å². The number of ether oxygens (including phenoxy) is 1. The number of rotatable bonds is 9. The molecule has 1 amide bonds. The van der Waals surface area contributed by atoms with Gasteiger partial charge in [-0.1, -0.05) is 35.9 Å². The van der Waals surface area contributed by atoms with Gasteiger partial charge in [-0.3, -0.25) is 9.10 Å². The molecule has 0 aliphatic rings. The van der Waals surface area contributed by atoms with Crippen LogP contribution in [0.2, 0.25) is 5.02 Å². The summed E-state index contributed by atoms with van der Waals surface area (Å²) >= 11 is 6.02. The van der Waals surface area contributed by atoms with E-state index in [0.29, 0.717) is 35.2 Å². The summed E-state index contributed by atoms with van der Waals surface area (Å²) < 4.78 is 31.3. The van der Waals surface area contributed by atoms with Crippen LogP contribution in [0.3, 0.4) is 0 Å². The first-order valence-electron chi connectivity index (χ1n) is 8.57. The minimum atomic E-state index is -3.52. The average Bonchev–Trinajstić information content (AvgIpc) is 2.61. The fourth-order valence-electron chi connectivity index (χ4n) is 2.56. The van der Waals surface area contributed by atoms with Crippen molar-refractivity contribution in [3.05, 3.63) is 53.6 Å². The number of para-hydroxylation sites is 3. The first-order valence-corrected chi connectivity index (χ1v) is 10.8. The molecule has 0 aliphatic heterocycles. The lowest BCUT2D eigenvalue weighted by Gasteiger charge is -2.24. The van der Waals surface area contributed by atoms with Gasteiger partial charge in [-0.05, 0) is 37.6 Å². The molecular weight excluding hydrogens is 388 g/mol. The maximum absolute atomic E-state index is 12.3. The summed E-state index contributed by atoms with van der Waals surface area (Å²) in [5.74, 6) is 0.264. The Morgan fingerprint density at radius 3 is 2.48 bits per heavy atom. The van der Waals surface area contributed by atoms with Gasteiger partial charge in [0.25, 0.3) is 0 Å². The molecule has 2 aromatic rings. The molecule has 6 nitrogen and oxygen atoms in total. The summed E-state index contributed by atoms with van der Waals surface area (Å²) in [5.41, 5.74) is 0.999. The number of amides is 1. The first kappa shape index (κ1) is 21.1. The Bertz CT molecular complexity index is 887.